The minimum atomic E-state index is 1.05. The molecule has 0 spiro atoms. The van der Waals surface area contributed by atoms with E-state index in [9.17, 15) is 0 Å². The van der Waals surface area contributed by atoms with Gasteiger partial charge in [0, 0.05) is 66.7 Å². The van der Waals surface area contributed by atoms with Crippen LogP contribution >= 0.6 is 0 Å². The first kappa shape index (κ1) is 78.1. The Balaban J connectivity index is 0.560. The Kier molecular flexibility index (Phi) is 19.9. The third kappa shape index (κ3) is 14.5. The average molecular weight is 1680 g/mol. The maximum atomic E-state index is 2.46. The van der Waals surface area contributed by atoms with E-state index < -0.39 is 0 Å². The summed E-state index contributed by atoms with van der Waals surface area (Å²) in [5.41, 5.74) is 38.6. The molecule has 0 saturated heterocycles. The van der Waals surface area contributed by atoms with Crippen LogP contribution in [0.2, 0.25) is 0 Å². The van der Waals surface area contributed by atoms with Crippen molar-refractivity contribution in [1.29, 1.82) is 0 Å². The summed E-state index contributed by atoms with van der Waals surface area (Å²) in [6.07, 6.45) is 0. The van der Waals surface area contributed by atoms with Gasteiger partial charge in [0.1, 0.15) is 0 Å². The molecule has 0 bridgehead atoms. The van der Waals surface area contributed by atoms with Crippen LogP contribution in [0.3, 0.4) is 0 Å². The van der Waals surface area contributed by atoms with Gasteiger partial charge in [0.2, 0.25) is 0 Å². The van der Waals surface area contributed by atoms with E-state index in [0.29, 0.717) is 0 Å². The van der Waals surface area contributed by atoms with Crippen LogP contribution in [0.5, 0.6) is 0 Å². The number of nitrogens with zero attached hydrogens (tertiary/aromatic N) is 4. The number of para-hydroxylation sites is 6. The van der Waals surface area contributed by atoms with Gasteiger partial charge in [0.15, 0.2) is 0 Å². The predicted molar refractivity (Wildman–Crippen MR) is 559 cm³/mol. The molecule has 132 heavy (non-hydrogen) atoms. The van der Waals surface area contributed by atoms with Gasteiger partial charge >= 0.3 is 0 Å². The van der Waals surface area contributed by atoms with Crippen LogP contribution in [0.25, 0.3) is 199 Å². The lowest BCUT2D eigenvalue weighted by molar-refractivity contribution is 1.18. The minimum Gasteiger partial charge on any atom is -0.310 e. The molecule has 0 aliphatic rings. The van der Waals surface area contributed by atoms with Gasteiger partial charge in [-0.2, -0.15) is 0 Å². The molecule has 4 heteroatoms. The number of aromatic nitrogens is 2. The van der Waals surface area contributed by atoms with E-state index in [1.165, 1.54) is 87.5 Å². The van der Waals surface area contributed by atoms with E-state index in [1.54, 1.807) is 0 Å². The molecule has 2 aromatic heterocycles. The van der Waals surface area contributed by atoms with Gasteiger partial charge < -0.3 is 18.9 Å². The fourth-order valence-electron chi connectivity index (χ4n) is 20.0. The zero-order chi connectivity index (χ0) is 87.4. The molecule has 4 nitrogen and oxygen atoms in total. The molecule has 0 fully saturated rings. The Bertz CT molecular complexity index is 8370. The topological polar surface area (TPSA) is 16.3 Å². The SMILES string of the molecule is c1ccc(-c2cccc(-c3ccccc3N(c3ccc(-c4ccc(-c5cc(-c6cccc(-c7ccccc7-c7cccc(N(c8ccc(-c9ccc(-c%10ccccc%10-n%10c%11ccccc%11c%11ccccc%11%10)cc9)cc8)c8ccc(-c9ccc%10ccccc%10c9)cc8)c7)c6)ccc5-n5c6ccccc6c6ccccc65)cc4)cc3)c3ccc(-c4ccc5ccccc5c4)cc3)c2)cc1. The van der Waals surface area contributed by atoms with Crippen LogP contribution in [-0.4, -0.2) is 9.13 Å². The van der Waals surface area contributed by atoms with E-state index in [4.69, 9.17) is 0 Å². The van der Waals surface area contributed by atoms with Crippen molar-refractivity contribution in [3.05, 3.63) is 522 Å². The van der Waals surface area contributed by atoms with Crippen LogP contribution in [0, 0.1) is 0 Å². The number of hydrogen-bond donors (Lipinski definition) is 0. The number of anilines is 6. The summed E-state index contributed by atoms with van der Waals surface area (Å²) < 4.78 is 4.88. The number of rotatable bonds is 19. The summed E-state index contributed by atoms with van der Waals surface area (Å²) in [4.78, 5) is 4.81. The molecular formula is C128H86N4. The molecule has 0 atom stereocenters. The monoisotopic (exact) mass is 1680 g/mol. The lowest BCUT2D eigenvalue weighted by atomic mass is 9.91. The zero-order valence-corrected chi connectivity index (χ0v) is 72.4. The first-order chi connectivity index (χ1) is 65.4. The molecule has 0 aliphatic carbocycles. The van der Waals surface area contributed by atoms with Crippen LogP contribution in [0.15, 0.2) is 522 Å². The summed E-state index contributed by atoms with van der Waals surface area (Å²) in [7, 11) is 0. The van der Waals surface area contributed by atoms with E-state index >= 15 is 0 Å². The maximum absolute atomic E-state index is 2.46. The second-order valence-electron chi connectivity index (χ2n) is 34.3. The quantitative estimate of drug-likeness (QED) is 0.0802. The van der Waals surface area contributed by atoms with Gasteiger partial charge in [-0.05, 0) is 261 Å². The summed E-state index contributed by atoms with van der Waals surface area (Å²) in [5.74, 6) is 0. The largest absolute Gasteiger partial charge is 0.310 e. The van der Waals surface area contributed by atoms with E-state index in [2.05, 4.69) is 541 Å². The minimum absolute atomic E-state index is 1.05. The number of hydrogen-bond acceptors (Lipinski definition) is 2. The highest BCUT2D eigenvalue weighted by atomic mass is 15.1. The van der Waals surface area contributed by atoms with Crippen molar-refractivity contribution in [2.75, 3.05) is 9.80 Å². The van der Waals surface area contributed by atoms with E-state index in [0.717, 1.165) is 146 Å². The van der Waals surface area contributed by atoms with Crippen molar-refractivity contribution < 1.29 is 0 Å². The maximum Gasteiger partial charge on any atom is 0.0541 e. The van der Waals surface area contributed by atoms with Crippen LogP contribution in [-0.2, 0) is 0 Å². The van der Waals surface area contributed by atoms with Crippen molar-refractivity contribution >= 4 is 99.3 Å². The number of fused-ring (bicyclic) bond motifs is 8. The molecule has 0 saturated carbocycles. The highest BCUT2D eigenvalue weighted by Gasteiger charge is 2.24. The molecule has 0 amide bonds. The standard InChI is InChI=1S/C128H86N4/c1-2-25-87(26-3-1)100-31-22-34-106(83-100)116-40-11-16-45-122(116)130(111-78-69-95(70-79-111)103-62-56-89-28-5-7-30-99(89)82-103)110-76-65-93(66-77-110)91-53-59-97(60-54-91)121-86-104(71-80-128(121)132-126-49-20-14-43-119(126)120-44-15-21-50-127(120)132)101-32-23-33-105(84-101)113-37-8-9-38-114(113)107-35-24-36-112(85-107)129(109-74-67-94(68-75-109)102-61-55-88-27-4-6-29-98(88)81-102)108-72-63-92(64-73-108)90-51-57-96(58-52-90)115-39-10-17-46-123(115)131-124-47-18-12-41-117(124)118-42-13-19-48-125(118)131/h1-86H. The average Bonchev–Trinajstić information content (AvgIpc) is 1.58. The Morgan fingerprint density at radius 1 is 0.129 bits per heavy atom. The van der Waals surface area contributed by atoms with Crippen molar-refractivity contribution in [1.82, 2.24) is 9.13 Å². The van der Waals surface area contributed by atoms with Crippen molar-refractivity contribution in [2.45, 2.75) is 0 Å². The number of benzene rings is 22. The van der Waals surface area contributed by atoms with Gasteiger partial charge in [-0.15, -0.1) is 0 Å². The van der Waals surface area contributed by atoms with Crippen molar-refractivity contribution in [3.63, 3.8) is 0 Å². The summed E-state index contributed by atoms with van der Waals surface area (Å²) in [6, 6.07) is 192. The first-order valence-electron chi connectivity index (χ1n) is 45.4. The molecule has 24 aromatic rings. The van der Waals surface area contributed by atoms with Gasteiger partial charge in [-0.25, -0.2) is 0 Å². The summed E-state index contributed by atoms with van der Waals surface area (Å²) in [6.45, 7) is 0. The van der Waals surface area contributed by atoms with Gasteiger partial charge in [0.05, 0.1) is 39.1 Å². The Morgan fingerprint density at radius 2 is 0.417 bits per heavy atom. The van der Waals surface area contributed by atoms with E-state index in [1.807, 2.05) is 0 Å². The normalized spacial score (nSPS) is 11.5. The first-order valence-corrected chi connectivity index (χ1v) is 45.4. The second kappa shape index (κ2) is 33.7. The lowest BCUT2D eigenvalue weighted by Gasteiger charge is -2.28. The molecular weight excluding hydrogens is 1590 g/mol. The summed E-state index contributed by atoms with van der Waals surface area (Å²) >= 11 is 0. The second-order valence-corrected chi connectivity index (χ2v) is 34.3. The van der Waals surface area contributed by atoms with Crippen molar-refractivity contribution in [2.24, 2.45) is 0 Å². The highest BCUT2D eigenvalue weighted by molar-refractivity contribution is 6.12. The van der Waals surface area contributed by atoms with Gasteiger partial charge in [-0.3, -0.25) is 0 Å². The third-order valence-corrected chi connectivity index (χ3v) is 26.5. The smallest absolute Gasteiger partial charge is 0.0541 e. The van der Waals surface area contributed by atoms with Gasteiger partial charge in [0.25, 0.3) is 0 Å². The molecule has 618 valence electrons. The fraction of sp³-hybridized carbons (Fsp3) is 0. The van der Waals surface area contributed by atoms with Gasteiger partial charge in [-0.1, -0.05) is 388 Å². The summed E-state index contributed by atoms with van der Waals surface area (Å²) in [5, 5.41) is 9.85. The molecule has 2 heterocycles. The Morgan fingerprint density at radius 3 is 0.902 bits per heavy atom. The van der Waals surface area contributed by atoms with Crippen LogP contribution in [0.4, 0.5) is 34.1 Å². The molecule has 0 radical (unpaired) electrons. The van der Waals surface area contributed by atoms with E-state index in [-0.39, 0.29) is 0 Å². The highest BCUT2D eigenvalue weighted by Crippen LogP contribution is 2.48. The molecule has 24 rings (SSSR count). The zero-order valence-electron chi connectivity index (χ0n) is 72.4. The predicted octanol–water partition coefficient (Wildman–Crippen LogP) is 35.5. The molecule has 22 aromatic carbocycles. The third-order valence-electron chi connectivity index (χ3n) is 26.5. The van der Waals surface area contributed by atoms with Crippen LogP contribution in [0.1, 0.15) is 0 Å². The fourth-order valence-corrected chi connectivity index (χ4v) is 20.0. The van der Waals surface area contributed by atoms with Crippen LogP contribution < -0.4 is 9.80 Å². The Labute approximate surface area is 768 Å². The molecule has 0 aliphatic heterocycles. The lowest BCUT2D eigenvalue weighted by Crippen LogP contribution is -2.11. The Hall–Kier alpha value is -17.4. The molecule has 0 N–H and O–H groups in total. The van der Waals surface area contributed by atoms with Crippen molar-refractivity contribution in [3.8, 4) is 134 Å². The molecule has 0 unspecified atom stereocenters.